The van der Waals surface area contributed by atoms with Crippen molar-refractivity contribution in [1.29, 1.82) is 0 Å². The van der Waals surface area contributed by atoms with Crippen molar-refractivity contribution in [2.45, 2.75) is 38.0 Å². The largest absolute Gasteiger partial charge is 0.508 e. The Balaban J connectivity index is 2.28. The smallest absolute Gasteiger partial charge is 0.173 e. The van der Waals surface area contributed by atoms with E-state index in [0.29, 0.717) is 22.6 Å². The van der Waals surface area contributed by atoms with Crippen LogP contribution in [-0.4, -0.2) is 16.2 Å². The molecule has 17 heavy (non-hydrogen) atoms. The summed E-state index contributed by atoms with van der Waals surface area (Å²) in [6.07, 6.45) is 5.98. The summed E-state index contributed by atoms with van der Waals surface area (Å²) in [5, 5.41) is 10.3. The molecule has 0 spiro atoms. The van der Waals surface area contributed by atoms with Crippen LogP contribution in [0.4, 0.5) is 0 Å². The number of phenols is 1. The molecule has 0 radical (unpaired) electrons. The van der Waals surface area contributed by atoms with Gasteiger partial charge >= 0.3 is 0 Å². The first kappa shape index (κ1) is 12.6. The number of halogens is 1. The Bertz CT molecular complexity index is 409. The van der Waals surface area contributed by atoms with E-state index in [1.165, 1.54) is 19.3 Å². The number of ketones is 1. The lowest BCUT2D eigenvalue weighted by Gasteiger charge is -2.23. The van der Waals surface area contributed by atoms with Crippen LogP contribution in [0.1, 0.15) is 53.9 Å². The highest BCUT2D eigenvalue weighted by Crippen LogP contribution is 2.37. The summed E-state index contributed by atoms with van der Waals surface area (Å²) in [6, 6.07) is 5.22. The number of aromatic hydroxyl groups is 1. The highest BCUT2D eigenvalue weighted by molar-refractivity contribution is 9.09. The Morgan fingerprint density at radius 3 is 2.65 bits per heavy atom. The van der Waals surface area contributed by atoms with E-state index in [-0.39, 0.29) is 5.78 Å². The van der Waals surface area contributed by atoms with E-state index >= 15 is 0 Å². The molecule has 0 atom stereocenters. The second-order valence-corrected chi connectivity index (χ2v) is 5.23. The quantitative estimate of drug-likeness (QED) is 0.676. The second-order valence-electron chi connectivity index (χ2n) is 4.67. The number of carbonyl (C=O) groups is 1. The molecular formula is C14H17BrO2. The Labute approximate surface area is 110 Å². The second kappa shape index (κ2) is 5.67. The third-order valence-corrected chi connectivity index (χ3v) is 4.03. The summed E-state index contributed by atoms with van der Waals surface area (Å²) in [5.74, 6) is 0.830. The number of alkyl halides is 1. The minimum absolute atomic E-state index is 0.0714. The van der Waals surface area contributed by atoms with E-state index in [4.69, 9.17) is 0 Å². The van der Waals surface area contributed by atoms with Crippen LogP contribution in [0.15, 0.2) is 18.2 Å². The molecule has 92 valence electrons. The van der Waals surface area contributed by atoms with E-state index in [9.17, 15) is 9.90 Å². The number of hydrogen-bond acceptors (Lipinski definition) is 2. The monoisotopic (exact) mass is 296 g/mol. The zero-order valence-corrected chi connectivity index (χ0v) is 11.4. The summed E-state index contributed by atoms with van der Waals surface area (Å²) in [7, 11) is 0. The minimum Gasteiger partial charge on any atom is -0.508 e. The van der Waals surface area contributed by atoms with Crippen molar-refractivity contribution < 1.29 is 9.90 Å². The van der Waals surface area contributed by atoms with Crippen molar-refractivity contribution in [2.75, 3.05) is 5.33 Å². The molecule has 2 nitrogen and oxygen atoms in total. The molecule has 1 aromatic rings. The zero-order chi connectivity index (χ0) is 12.3. The van der Waals surface area contributed by atoms with E-state index in [1.54, 1.807) is 12.1 Å². The van der Waals surface area contributed by atoms with Crippen molar-refractivity contribution in [3.63, 3.8) is 0 Å². The van der Waals surface area contributed by atoms with Crippen LogP contribution in [0.25, 0.3) is 0 Å². The molecule has 2 rings (SSSR count). The molecule has 0 saturated heterocycles. The van der Waals surface area contributed by atoms with Gasteiger partial charge in [-0.2, -0.15) is 0 Å². The van der Waals surface area contributed by atoms with Crippen LogP contribution >= 0.6 is 15.9 Å². The molecule has 0 aliphatic heterocycles. The third kappa shape index (κ3) is 2.89. The van der Waals surface area contributed by atoms with Crippen LogP contribution in [0.5, 0.6) is 5.75 Å². The van der Waals surface area contributed by atoms with Crippen molar-refractivity contribution in [2.24, 2.45) is 0 Å². The number of benzene rings is 1. The number of phenolic OH excluding ortho intramolecular Hbond substituents is 1. The highest BCUT2D eigenvalue weighted by Gasteiger charge is 2.19. The van der Waals surface area contributed by atoms with Gasteiger partial charge in [-0.05, 0) is 42.5 Å². The molecule has 1 saturated carbocycles. The summed E-state index contributed by atoms with van der Waals surface area (Å²) < 4.78 is 0. The molecule has 0 amide bonds. The summed E-state index contributed by atoms with van der Waals surface area (Å²) >= 11 is 3.18. The Kier molecular flexibility index (Phi) is 4.21. The standard InChI is InChI=1S/C14H17BrO2/c15-9-14(17)11-6-7-13(16)12(8-11)10-4-2-1-3-5-10/h6-8,10,16H,1-5,9H2. The molecule has 1 aliphatic carbocycles. The molecule has 3 heteroatoms. The van der Waals surface area contributed by atoms with Gasteiger partial charge in [-0.3, -0.25) is 4.79 Å². The van der Waals surface area contributed by atoms with Crippen LogP contribution in [0.2, 0.25) is 0 Å². The van der Waals surface area contributed by atoms with Crippen molar-refractivity contribution in [3.8, 4) is 5.75 Å². The first-order valence-electron chi connectivity index (χ1n) is 6.14. The van der Waals surface area contributed by atoms with Crippen molar-refractivity contribution in [3.05, 3.63) is 29.3 Å². The number of rotatable bonds is 3. The maximum Gasteiger partial charge on any atom is 0.173 e. The fourth-order valence-electron chi connectivity index (χ4n) is 2.55. The van der Waals surface area contributed by atoms with Crippen molar-refractivity contribution >= 4 is 21.7 Å². The van der Waals surface area contributed by atoms with E-state index in [2.05, 4.69) is 15.9 Å². The molecule has 0 unspecified atom stereocenters. The fraction of sp³-hybridized carbons (Fsp3) is 0.500. The molecule has 1 aromatic carbocycles. The van der Waals surface area contributed by atoms with E-state index in [0.717, 1.165) is 18.4 Å². The van der Waals surface area contributed by atoms with Crippen LogP contribution in [-0.2, 0) is 0 Å². The first-order chi connectivity index (χ1) is 8.22. The lowest BCUT2D eigenvalue weighted by atomic mass is 9.83. The van der Waals surface area contributed by atoms with Crippen LogP contribution in [0, 0.1) is 0 Å². The van der Waals surface area contributed by atoms with Crippen molar-refractivity contribution in [1.82, 2.24) is 0 Å². The Morgan fingerprint density at radius 2 is 2.00 bits per heavy atom. The highest BCUT2D eigenvalue weighted by atomic mass is 79.9. The van der Waals surface area contributed by atoms with Gasteiger partial charge in [0.2, 0.25) is 0 Å². The Morgan fingerprint density at radius 1 is 1.29 bits per heavy atom. The predicted molar refractivity (Wildman–Crippen MR) is 72.1 cm³/mol. The summed E-state index contributed by atoms with van der Waals surface area (Å²) in [6.45, 7) is 0. The molecule has 0 heterocycles. The molecule has 1 aliphatic rings. The van der Waals surface area contributed by atoms with Crippen LogP contribution < -0.4 is 0 Å². The maximum absolute atomic E-state index is 11.6. The topological polar surface area (TPSA) is 37.3 Å². The molecule has 0 bridgehead atoms. The normalized spacial score (nSPS) is 17.0. The van der Waals surface area contributed by atoms with Gasteiger partial charge in [0.1, 0.15) is 5.75 Å². The SMILES string of the molecule is O=C(CBr)c1ccc(O)c(C2CCCCC2)c1. The van der Waals surface area contributed by atoms with Gasteiger partial charge in [0.05, 0.1) is 5.33 Å². The van der Waals surface area contributed by atoms with Gasteiger partial charge in [0.25, 0.3) is 0 Å². The number of carbonyl (C=O) groups excluding carboxylic acids is 1. The van der Waals surface area contributed by atoms with Gasteiger partial charge in [0, 0.05) is 5.56 Å². The van der Waals surface area contributed by atoms with E-state index < -0.39 is 0 Å². The van der Waals surface area contributed by atoms with Crippen LogP contribution in [0.3, 0.4) is 0 Å². The summed E-state index contributed by atoms with van der Waals surface area (Å²) in [4.78, 5) is 11.6. The molecule has 1 N–H and O–H groups in total. The first-order valence-corrected chi connectivity index (χ1v) is 7.26. The Hall–Kier alpha value is -0.830. The van der Waals surface area contributed by atoms with Gasteiger partial charge in [-0.25, -0.2) is 0 Å². The number of hydrogen-bond donors (Lipinski definition) is 1. The molecule has 0 aromatic heterocycles. The lowest BCUT2D eigenvalue weighted by Crippen LogP contribution is -2.07. The average molecular weight is 297 g/mol. The predicted octanol–water partition coefficient (Wildman–Crippen LogP) is 4.02. The van der Waals surface area contributed by atoms with E-state index in [1.807, 2.05) is 6.07 Å². The molecular weight excluding hydrogens is 280 g/mol. The molecule has 1 fully saturated rings. The number of Topliss-reactive ketones (excluding diaryl/α,β-unsaturated/α-hetero) is 1. The fourth-order valence-corrected chi connectivity index (χ4v) is 2.87. The van der Waals surface area contributed by atoms with Gasteiger partial charge in [-0.1, -0.05) is 35.2 Å². The van der Waals surface area contributed by atoms with Gasteiger partial charge in [-0.15, -0.1) is 0 Å². The zero-order valence-electron chi connectivity index (χ0n) is 9.79. The minimum atomic E-state index is 0.0714. The van der Waals surface area contributed by atoms with Gasteiger partial charge < -0.3 is 5.11 Å². The lowest BCUT2D eigenvalue weighted by molar-refractivity contribution is 0.102. The maximum atomic E-state index is 11.6. The van der Waals surface area contributed by atoms with Gasteiger partial charge in [0.15, 0.2) is 5.78 Å². The summed E-state index contributed by atoms with van der Waals surface area (Å²) in [5.41, 5.74) is 1.65. The third-order valence-electron chi connectivity index (χ3n) is 3.52. The average Bonchev–Trinajstić information content (AvgIpc) is 2.39.